The third-order valence-corrected chi connectivity index (χ3v) is 2.79. The largest absolute Gasteiger partial charge is 0.382 e. The number of hydrogen-bond acceptors (Lipinski definition) is 4. The highest BCUT2D eigenvalue weighted by molar-refractivity contribution is 5.76. The number of nitrogens with zero attached hydrogens (tertiary/aromatic N) is 3. The lowest BCUT2D eigenvalue weighted by molar-refractivity contribution is 1.07. The third-order valence-electron chi connectivity index (χ3n) is 2.79. The minimum atomic E-state index is 0.491. The Bertz CT molecular complexity index is 680. The van der Waals surface area contributed by atoms with E-state index in [1.54, 1.807) is 12.4 Å². The number of anilines is 1. The molecule has 0 atom stereocenters. The molecule has 0 spiro atoms. The van der Waals surface area contributed by atoms with Crippen LogP contribution in [0.4, 0.5) is 5.82 Å². The standard InChI is InChI=1S/C14H12N4/c15-14-13(9-10-5-7-16-8-6-10)17-11-3-1-2-4-12(11)18-14/h1-8H,9H2,(H2,15,18). The first-order valence-electron chi connectivity index (χ1n) is 5.73. The Morgan fingerprint density at radius 2 is 1.56 bits per heavy atom. The van der Waals surface area contributed by atoms with E-state index in [2.05, 4.69) is 15.0 Å². The average molecular weight is 236 g/mol. The van der Waals surface area contributed by atoms with Crippen molar-refractivity contribution < 1.29 is 0 Å². The molecule has 0 amide bonds. The molecule has 0 aliphatic carbocycles. The Kier molecular flexibility index (Phi) is 2.61. The van der Waals surface area contributed by atoms with E-state index in [0.29, 0.717) is 12.2 Å². The summed E-state index contributed by atoms with van der Waals surface area (Å²) in [6.45, 7) is 0. The molecule has 2 N–H and O–H groups in total. The van der Waals surface area contributed by atoms with Crippen molar-refractivity contribution in [3.63, 3.8) is 0 Å². The van der Waals surface area contributed by atoms with Crippen LogP contribution in [0, 0.1) is 0 Å². The minimum Gasteiger partial charge on any atom is -0.382 e. The number of hydrogen-bond donors (Lipinski definition) is 1. The lowest BCUT2D eigenvalue weighted by atomic mass is 10.1. The van der Waals surface area contributed by atoms with Gasteiger partial charge in [0, 0.05) is 18.8 Å². The Morgan fingerprint density at radius 3 is 2.28 bits per heavy atom. The van der Waals surface area contributed by atoms with Crippen molar-refractivity contribution in [2.45, 2.75) is 6.42 Å². The first-order chi connectivity index (χ1) is 8.83. The topological polar surface area (TPSA) is 64.7 Å². The summed E-state index contributed by atoms with van der Waals surface area (Å²) in [7, 11) is 0. The van der Waals surface area contributed by atoms with Crippen molar-refractivity contribution in [3.05, 3.63) is 60.0 Å². The minimum absolute atomic E-state index is 0.491. The molecular weight excluding hydrogens is 224 g/mol. The maximum Gasteiger partial charge on any atom is 0.146 e. The van der Waals surface area contributed by atoms with Gasteiger partial charge in [0.1, 0.15) is 5.82 Å². The Hall–Kier alpha value is -2.49. The molecule has 0 fully saturated rings. The smallest absolute Gasteiger partial charge is 0.146 e. The number of nitrogen functional groups attached to an aromatic ring is 1. The second-order valence-corrected chi connectivity index (χ2v) is 4.08. The van der Waals surface area contributed by atoms with Crippen LogP contribution < -0.4 is 5.73 Å². The molecule has 0 aliphatic rings. The highest BCUT2D eigenvalue weighted by Crippen LogP contribution is 2.16. The molecule has 4 heteroatoms. The van der Waals surface area contributed by atoms with E-state index >= 15 is 0 Å². The van der Waals surface area contributed by atoms with E-state index in [0.717, 1.165) is 22.3 Å². The predicted molar refractivity (Wildman–Crippen MR) is 71.0 cm³/mol. The lowest BCUT2D eigenvalue weighted by Crippen LogP contribution is -2.02. The van der Waals surface area contributed by atoms with Gasteiger partial charge in [-0.25, -0.2) is 9.97 Å². The molecule has 0 saturated carbocycles. The van der Waals surface area contributed by atoms with Crippen LogP contribution in [0.1, 0.15) is 11.3 Å². The van der Waals surface area contributed by atoms with Gasteiger partial charge in [0.05, 0.1) is 16.7 Å². The van der Waals surface area contributed by atoms with Gasteiger partial charge < -0.3 is 5.73 Å². The van der Waals surface area contributed by atoms with Crippen molar-refractivity contribution in [1.29, 1.82) is 0 Å². The Morgan fingerprint density at radius 1 is 0.889 bits per heavy atom. The fourth-order valence-electron chi connectivity index (χ4n) is 1.87. The first-order valence-corrected chi connectivity index (χ1v) is 5.73. The second kappa shape index (κ2) is 4.41. The van der Waals surface area contributed by atoms with Gasteiger partial charge in [-0.1, -0.05) is 12.1 Å². The maximum atomic E-state index is 5.95. The van der Waals surface area contributed by atoms with Crippen LogP contribution >= 0.6 is 0 Å². The number of rotatable bonds is 2. The second-order valence-electron chi connectivity index (χ2n) is 4.08. The SMILES string of the molecule is Nc1nc2ccccc2nc1Cc1ccncc1. The molecule has 2 heterocycles. The molecule has 18 heavy (non-hydrogen) atoms. The monoisotopic (exact) mass is 236 g/mol. The van der Waals surface area contributed by atoms with Gasteiger partial charge in [0.2, 0.25) is 0 Å². The highest BCUT2D eigenvalue weighted by atomic mass is 14.9. The van der Waals surface area contributed by atoms with E-state index in [-0.39, 0.29) is 0 Å². The zero-order chi connectivity index (χ0) is 12.4. The number of para-hydroxylation sites is 2. The van der Waals surface area contributed by atoms with Gasteiger partial charge in [-0.15, -0.1) is 0 Å². The average Bonchev–Trinajstić information content (AvgIpc) is 2.41. The fraction of sp³-hybridized carbons (Fsp3) is 0.0714. The van der Waals surface area contributed by atoms with Crippen LogP contribution in [0.25, 0.3) is 11.0 Å². The summed E-state index contributed by atoms with van der Waals surface area (Å²) in [6.07, 6.45) is 4.20. The summed E-state index contributed by atoms with van der Waals surface area (Å²) in [6, 6.07) is 11.6. The number of nitrogens with two attached hydrogens (primary N) is 1. The molecule has 0 unspecified atom stereocenters. The van der Waals surface area contributed by atoms with E-state index in [9.17, 15) is 0 Å². The normalized spacial score (nSPS) is 10.7. The van der Waals surface area contributed by atoms with Crippen LogP contribution in [0.15, 0.2) is 48.8 Å². The zero-order valence-corrected chi connectivity index (χ0v) is 9.74. The van der Waals surface area contributed by atoms with Crippen LogP contribution in [0.2, 0.25) is 0 Å². The van der Waals surface area contributed by atoms with Crippen LogP contribution in [0.3, 0.4) is 0 Å². The number of fused-ring (bicyclic) bond motifs is 1. The maximum absolute atomic E-state index is 5.95. The molecule has 0 radical (unpaired) electrons. The van der Waals surface area contributed by atoms with Crippen LogP contribution in [-0.4, -0.2) is 15.0 Å². The fourth-order valence-corrected chi connectivity index (χ4v) is 1.87. The van der Waals surface area contributed by atoms with Gasteiger partial charge in [-0.2, -0.15) is 0 Å². The van der Waals surface area contributed by atoms with Crippen molar-refractivity contribution in [2.24, 2.45) is 0 Å². The molecule has 3 aromatic rings. The zero-order valence-electron chi connectivity index (χ0n) is 9.74. The quantitative estimate of drug-likeness (QED) is 0.740. The summed E-state index contributed by atoms with van der Waals surface area (Å²) in [4.78, 5) is 12.9. The molecule has 4 nitrogen and oxygen atoms in total. The van der Waals surface area contributed by atoms with Crippen molar-refractivity contribution in [1.82, 2.24) is 15.0 Å². The predicted octanol–water partition coefficient (Wildman–Crippen LogP) is 2.20. The summed E-state index contributed by atoms with van der Waals surface area (Å²) in [5, 5.41) is 0. The number of pyridine rings is 1. The van der Waals surface area contributed by atoms with E-state index in [4.69, 9.17) is 5.73 Å². The summed E-state index contributed by atoms with van der Waals surface area (Å²) < 4.78 is 0. The van der Waals surface area contributed by atoms with Crippen LogP contribution in [-0.2, 0) is 6.42 Å². The highest BCUT2D eigenvalue weighted by Gasteiger charge is 2.06. The lowest BCUT2D eigenvalue weighted by Gasteiger charge is -2.06. The van der Waals surface area contributed by atoms with Crippen molar-refractivity contribution >= 4 is 16.9 Å². The number of benzene rings is 1. The van der Waals surface area contributed by atoms with Gasteiger partial charge in [0.15, 0.2) is 0 Å². The Labute approximate surface area is 105 Å². The van der Waals surface area contributed by atoms with Gasteiger partial charge >= 0.3 is 0 Å². The van der Waals surface area contributed by atoms with E-state index in [1.807, 2.05) is 36.4 Å². The Balaban J connectivity index is 2.04. The van der Waals surface area contributed by atoms with Gasteiger partial charge in [0.25, 0.3) is 0 Å². The van der Waals surface area contributed by atoms with E-state index < -0.39 is 0 Å². The summed E-state index contributed by atoms with van der Waals surface area (Å²) in [5.74, 6) is 0.491. The van der Waals surface area contributed by atoms with Crippen molar-refractivity contribution in [3.8, 4) is 0 Å². The molecule has 1 aromatic carbocycles. The van der Waals surface area contributed by atoms with Gasteiger partial charge in [-0.05, 0) is 29.8 Å². The van der Waals surface area contributed by atoms with E-state index in [1.165, 1.54) is 0 Å². The molecular formula is C14H12N4. The molecule has 2 aromatic heterocycles. The third kappa shape index (κ3) is 2.00. The molecule has 0 aliphatic heterocycles. The van der Waals surface area contributed by atoms with Crippen molar-refractivity contribution in [2.75, 3.05) is 5.73 Å². The van der Waals surface area contributed by atoms with Crippen LogP contribution in [0.5, 0.6) is 0 Å². The molecule has 88 valence electrons. The summed E-state index contributed by atoms with van der Waals surface area (Å²) >= 11 is 0. The first kappa shape index (κ1) is 10.7. The van der Waals surface area contributed by atoms with Gasteiger partial charge in [-0.3, -0.25) is 4.98 Å². The summed E-state index contributed by atoms with van der Waals surface area (Å²) in [5.41, 5.74) is 9.58. The molecule has 3 rings (SSSR count). The number of aromatic nitrogens is 3. The molecule has 0 saturated heterocycles. The molecule has 0 bridgehead atoms.